The average Bonchev–Trinajstić information content (AvgIpc) is 3.18. The number of hydrogen-bond donors (Lipinski definition) is 1. The van der Waals surface area contributed by atoms with Crippen LogP contribution in [0.15, 0.2) is 54.6 Å². The Hall–Kier alpha value is -2.79. The van der Waals surface area contributed by atoms with Crippen LogP contribution >= 0.6 is 0 Å². The van der Waals surface area contributed by atoms with Gasteiger partial charge in [-0.05, 0) is 42.4 Å². The topological polar surface area (TPSA) is 50.8 Å². The van der Waals surface area contributed by atoms with Crippen molar-refractivity contribution in [2.45, 2.75) is 19.9 Å². The summed E-state index contributed by atoms with van der Waals surface area (Å²) in [7, 11) is 0. The van der Waals surface area contributed by atoms with Gasteiger partial charge in [-0.2, -0.15) is 0 Å². The van der Waals surface area contributed by atoms with Gasteiger partial charge in [0.15, 0.2) is 11.5 Å². The molecule has 0 saturated carbocycles. The highest BCUT2D eigenvalue weighted by molar-refractivity contribution is 5.91. The fourth-order valence-electron chi connectivity index (χ4n) is 3.24. The van der Waals surface area contributed by atoms with E-state index in [1.807, 2.05) is 36.4 Å². The molecule has 0 bridgehead atoms. The molecule has 1 aliphatic heterocycles. The van der Waals surface area contributed by atoms with E-state index in [0.717, 1.165) is 24.4 Å². The summed E-state index contributed by atoms with van der Waals surface area (Å²) in [6.07, 6.45) is 3.34. The van der Waals surface area contributed by atoms with E-state index in [1.165, 1.54) is 5.56 Å². The molecular formula is C22H26N2O3. The van der Waals surface area contributed by atoms with Crippen molar-refractivity contribution in [3.63, 3.8) is 0 Å². The summed E-state index contributed by atoms with van der Waals surface area (Å²) in [5.74, 6) is 1.34. The number of likely N-dealkylation sites (N-methyl/N-ethyl adjacent to an activating group) is 1. The lowest BCUT2D eigenvalue weighted by molar-refractivity contribution is -0.116. The second-order valence-corrected chi connectivity index (χ2v) is 6.34. The van der Waals surface area contributed by atoms with Crippen molar-refractivity contribution in [2.75, 3.05) is 26.4 Å². The third kappa shape index (κ3) is 4.89. The molecule has 2 aromatic carbocycles. The highest BCUT2D eigenvalue weighted by Gasteiger charge is 2.18. The molecule has 0 aliphatic carbocycles. The van der Waals surface area contributed by atoms with Crippen LogP contribution in [0, 0.1) is 0 Å². The Morgan fingerprint density at radius 2 is 1.85 bits per heavy atom. The minimum atomic E-state index is -0.110. The zero-order valence-electron chi connectivity index (χ0n) is 15.9. The van der Waals surface area contributed by atoms with Gasteiger partial charge in [0, 0.05) is 12.6 Å². The summed E-state index contributed by atoms with van der Waals surface area (Å²) in [5, 5.41) is 3.03. The first-order valence-electron chi connectivity index (χ1n) is 9.35. The summed E-state index contributed by atoms with van der Waals surface area (Å²) in [5.41, 5.74) is 2.11. The smallest absolute Gasteiger partial charge is 0.244 e. The van der Waals surface area contributed by atoms with Crippen molar-refractivity contribution in [2.24, 2.45) is 0 Å². The van der Waals surface area contributed by atoms with Crippen molar-refractivity contribution >= 4 is 12.0 Å². The average molecular weight is 366 g/mol. The number of rotatable bonds is 8. The highest BCUT2D eigenvalue weighted by atomic mass is 16.7. The van der Waals surface area contributed by atoms with Crippen LogP contribution in [-0.2, 0) is 4.79 Å². The van der Waals surface area contributed by atoms with Gasteiger partial charge >= 0.3 is 0 Å². The van der Waals surface area contributed by atoms with Crippen molar-refractivity contribution < 1.29 is 14.3 Å². The molecular weight excluding hydrogens is 340 g/mol. The zero-order chi connectivity index (χ0) is 19.1. The maximum absolute atomic E-state index is 12.3. The van der Waals surface area contributed by atoms with Gasteiger partial charge in [-0.15, -0.1) is 0 Å². The molecule has 5 nitrogen and oxygen atoms in total. The van der Waals surface area contributed by atoms with E-state index in [4.69, 9.17) is 9.47 Å². The molecule has 0 fully saturated rings. The molecule has 2 aromatic rings. The largest absolute Gasteiger partial charge is 0.454 e. The van der Waals surface area contributed by atoms with Crippen LogP contribution in [0.3, 0.4) is 0 Å². The Morgan fingerprint density at radius 3 is 2.59 bits per heavy atom. The standard InChI is InChI=1S/C22H26N2O3/c1-3-24(4-2)19(18-8-6-5-7-9-18)15-23-22(25)13-11-17-10-12-20-21(14-17)27-16-26-20/h5-14,19H,3-4,15-16H2,1-2H3,(H,23,25)/b13-11+. The van der Waals surface area contributed by atoms with E-state index < -0.39 is 0 Å². The predicted octanol–water partition coefficient (Wildman–Crippen LogP) is 3.63. The lowest BCUT2D eigenvalue weighted by Gasteiger charge is -2.30. The van der Waals surface area contributed by atoms with Crippen molar-refractivity contribution in [3.05, 3.63) is 65.7 Å². The van der Waals surface area contributed by atoms with E-state index in [9.17, 15) is 4.79 Å². The van der Waals surface area contributed by atoms with Gasteiger partial charge in [-0.1, -0.05) is 50.2 Å². The number of fused-ring (bicyclic) bond motifs is 1. The number of hydrogen-bond acceptors (Lipinski definition) is 4. The summed E-state index contributed by atoms with van der Waals surface area (Å²) in [6, 6.07) is 16.1. The predicted molar refractivity (Wildman–Crippen MR) is 107 cm³/mol. The molecule has 27 heavy (non-hydrogen) atoms. The first-order valence-corrected chi connectivity index (χ1v) is 9.35. The quantitative estimate of drug-likeness (QED) is 0.725. The lowest BCUT2D eigenvalue weighted by Crippen LogP contribution is -2.37. The molecule has 0 radical (unpaired) electrons. The van der Waals surface area contributed by atoms with Crippen LogP contribution in [-0.4, -0.2) is 37.2 Å². The first kappa shape index (κ1) is 19.0. The Labute approximate surface area is 160 Å². The molecule has 0 aromatic heterocycles. The van der Waals surface area contributed by atoms with E-state index in [-0.39, 0.29) is 18.7 Å². The Kier molecular flexibility index (Phi) is 6.49. The van der Waals surface area contributed by atoms with Crippen molar-refractivity contribution in [3.8, 4) is 11.5 Å². The Morgan fingerprint density at radius 1 is 1.11 bits per heavy atom. The van der Waals surface area contributed by atoms with Gasteiger partial charge in [-0.25, -0.2) is 0 Å². The molecule has 5 heteroatoms. The minimum absolute atomic E-state index is 0.110. The van der Waals surface area contributed by atoms with Gasteiger partial charge in [-0.3, -0.25) is 9.69 Å². The number of ether oxygens (including phenoxy) is 2. The van der Waals surface area contributed by atoms with Crippen LogP contribution < -0.4 is 14.8 Å². The Bertz CT molecular complexity index is 785. The zero-order valence-corrected chi connectivity index (χ0v) is 15.9. The van der Waals surface area contributed by atoms with Gasteiger partial charge < -0.3 is 14.8 Å². The highest BCUT2D eigenvalue weighted by Crippen LogP contribution is 2.32. The second kappa shape index (κ2) is 9.24. The SMILES string of the molecule is CCN(CC)C(CNC(=O)/C=C/c1ccc2c(c1)OCO2)c1ccccc1. The van der Waals surface area contributed by atoms with Gasteiger partial charge in [0.1, 0.15) is 0 Å². The molecule has 1 amide bonds. The molecule has 0 saturated heterocycles. The normalized spacial score (nSPS) is 13.9. The van der Waals surface area contributed by atoms with E-state index in [1.54, 1.807) is 12.2 Å². The molecule has 3 rings (SSSR count). The molecule has 1 heterocycles. The van der Waals surface area contributed by atoms with Crippen LogP contribution in [0.4, 0.5) is 0 Å². The molecule has 1 unspecified atom stereocenters. The number of amides is 1. The fourth-order valence-corrected chi connectivity index (χ4v) is 3.24. The second-order valence-electron chi connectivity index (χ2n) is 6.34. The van der Waals surface area contributed by atoms with Gasteiger partial charge in [0.25, 0.3) is 0 Å². The number of benzene rings is 2. The number of nitrogens with zero attached hydrogens (tertiary/aromatic N) is 1. The summed E-state index contributed by atoms with van der Waals surface area (Å²) < 4.78 is 10.7. The first-order chi connectivity index (χ1) is 13.2. The number of carbonyl (C=O) groups is 1. The monoisotopic (exact) mass is 366 g/mol. The van der Waals surface area contributed by atoms with Crippen LogP contribution in [0.1, 0.15) is 31.0 Å². The molecule has 1 N–H and O–H groups in total. The van der Waals surface area contributed by atoms with E-state index in [2.05, 4.69) is 36.2 Å². The summed E-state index contributed by atoms with van der Waals surface area (Å²) in [6.45, 7) is 6.95. The number of carbonyl (C=O) groups excluding carboxylic acids is 1. The maximum Gasteiger partial charge on any atom is 0.244 e. The lowest BCUT2D eigenvalue weighted by atomic mass is 10.1. The van der Waals surface area contributed by atoms with Gasteiger partial charge in [0.2, 0.25) is 12.7 Å². The third-order valence-electron chi connectivity index (χ3n) is 4.73. The third-order valence-corrected chi connectivity index (χ3v) is 4.73. The van der Waals surface area contributed by atoms with Crippen LogP contribution in [0.2, 0.25) is 0 Å². The van der Waals surface area contributed by atoms with Gasteiger partial charge in [0.05, 0.1) is 6.04 Å². The Balaban J connectivity index is 1.62. The fraction of sp³-hybridized carbons (Fsp3) is 0.318. The molecule has 1 atom stereocenters. The van der Waals surface area contributed by atoms with E-state index >= 15 is 0 Å². The van der Waals surface area contributed by atoms with Crippen LogP contribution in [0.5, 0.6) is 11.5 Å². The molecule has 142 valence electrons. The minimum Gasteiger partial charge on any atom is -0.454 e. The van der Waals surface area contributed by atoms with Crippen LogP contribution in [0.25, 0.3) is 6.08 Å². The molecule has 1 aliphatic rings. The summed E-state index contributed by atoms with van der Waals surface area (Å²) in [4.78, 5) is 14.7. The van der Waals surface area contributed by atoms with Crippen molar-refractivity contribution in [1.29, 1.82) is 0 Å². The maximum atomic E-state index is 12.3. The molecule has 0 spiro atoms. The van der Waals surface area contributed by atoms with Crippen molar-refractivity contribution in [1.82, 2.24) is 10.2 Å². The van der Waals surface area contributed by atoms with E-state index in [0.29, 0.717) is 12.3 Å². The summed E-state index contributed by atoms with van der Waals surface area (Å²) >= 11 is 0. The number of nitrogens with one attached hydrogen (secondary N) is 1.